The van der Waals surface area contributed by atoms with E-state index in [0.29, 0.717) is 28.3 Å². The molecule has 25 heavy (non-hydrogen) atoms. The van der Waals surface area contributed by atoms with Gasteiger partial charge in [0.2, 0.25) is 0 Å². The molecule has 0 spiro atoms. The van der Waals surface area contributed by atoms with Gasteiger partial charge in [0.15, 0.2) is 5.78 Å². The molecule has 3 rings (SSSR count). The van der Waals surface area contributed by atoms with Crippen LogP contribution in [0.25, 0.3) is 0 Å². The highest BCUT2D eigenvalue weighted by Crippen LogP contribution is 2.44. The summed E-state index contributed by atoms with van der Waals surface area (Å²) in [5.74, 6) is -0.907. The Labute approximate surface area is 152 Å². The first-order valence-corrected chi connectivity index (χ1v) is 8.68. The van der Waals surface area contributed by atoms with Gasteiger partial charge in [0.1, 0.15) is 6.61 Å². The number of halogens is 1. The van der Waals surface area contributed by atoms with Gasteiger partial charge in [0.05, 0.1) is 5.57 Å². The summed E-state index contributed by atoms with van der Waals surface area (Å²) in [5, 5.41) is 3.77. The molecule has 1 aromatic rings. The minimum atomic E-state index is -0.505. The maximum atomic E-state index is 12.7. The number of ketones is 1. The summed E-state index contributed by atoms with van der Waals surface area (Å²) in [5.41, 5.74) is 3.41. The largest absolute Gasteiger partial charge is 0.458 e. The third-order valence-corrected chi connectivity index (χ3v) is 4.89. The summed E-state index contributed by atoms with van der Waals surface area (Å²) in [7, 11) is 0. The second kappa shape index (κ2) is 7.28. The van der Waals surface area contributed by atoms with Crippen LogP contribution in [0.3, 0.4) is 0 Å². The zero-order valence-electron chi connectivity index (χ0n) is 14.1. The van der Waals surface area contributed by atoms with E-state index in [1.54, 1.807) is 6.07 Å². The zero-order valence-corrected chi connectivity index (χ0v) is 14.9. The summed E-state index contributed by atoms with van der Waals surface area (Å²) in [4.78, 5) is 25.4. The van der Waals surface area contributed by atoms with E-state index in [4.69, 9.17) is 16.3 Å². The molecular weight excluding hydrogens is 338 g/mol. The van der Waals surface area contributed by atoms with Crippen molar-refractivity contribution in [2.75, 3.05) is 6.61 Å². The van der Waals surface area contributed by atoms with Crippen molar-refractivity contribution in [3.63, 3.8) is 0 Å². The van der Waals surface area contributed by atoms with Crippen LogP contribution < -0.4 is 5.32 Å². The van der Waals surface area contributed by atoms with Gasteiger partial charge in [-0.1, -0.05) is 42.5 Å². The number of benzene rings is 1. The van der Waals surface area contributed by atoms with E-state index in [9.17, 15) is 9.59 Å². The van der Waals surface area contributed by atoms with Crippen molar-refractivity contribution in [2.45, 2.75) is 32.1 Å². The van der Waals surface area contributed by atoms with Crippen molar-refractivity contribution >= 4 is 23.4 Å². The number of nitrogens with one attached hydrogen (secondary N) is 1. The molecule has 0 aromatic heterocycles. The lowest BCUT2D eigenvalue weighted by molar-refractivity contribution is -0.138. The Morgan fingerprint density at radius 1 is 1.40 bits per heavy atom. The van der Waals surface area contributed by atoms with Crippen molar-refractivity contribution in [1.29, 1.82) is 0 Å². The van der Waals surface area contributed by atoms with E-state index in [1.165, 1.54) is 6.08 Å². The number of esters is 1. The lowest BCUT2D eigenvalue weighted by atomic mass is 9.75. The van der Waals surface area contributed by atoms with Gasteiger partial charge in [-0.05, 0) is 31.4 Å². The van der Waals surface area contributed by atoms with Gasteiger partial charge < -0.3 is 10.1 Å². The van der Waals surface area contributed by atoms with Crippen LogP contribution in [0, 0.1) is 0 Å². The average Bonchev–Trinajstić information content (AvgIpc) is 2.59. The lowest BCUT2D eigenvalue weighted by Gasteiger charge is -2.34. The topological polar surface area (TPSA) is 55.4 Å². The lowest BCUT2D eigenvalue weighted by Crippen LogP contribution is -2.34. The van der Waals surface area contributed by atoms with E-state index in [2.05, 4.69) is 11.9 Å². The number of rotatable bonds is 4. The van der Waals surface area contributed by atoms with Crippen LogP contribution in [0.5, 0.6) is 0 Å². The minimum Gasteiger partial charge on any atom is -0.458 e. The Hall–Kier alpha value is -2.33. The number of dihydropyridines is 1. The Morgan fingerprint density at radius 3 is 2.88 bits per heavy atom. The quantitative estimate of drug-likeness (QED) is 0.652. The van der Waals surface area contributed by atoms with Crippen LogP contribution >= 0.6 is 11.6 Å². The van der Waals surface area contributed by atoms with Crippen molar-refractivity contribution in [3.05, 3.63) is 70.0 Å². The van der Waals surface area contributed by atoms with Crippen LogP contribution in [0.1, 0.15) is 37.7 Å². The van der Waals surface area contributed by atoms with Crippen LogP contribution in [0.2, 0.25) is 5.02 Å². The van der Waals surface area contributed by atoms with E-state index < -0.39 is 11.9 Å². The first-order valence-electron chi connectivity index (χ1n) is 8.31. The number of Topliss-reactive ketones (excluding diaryl/α,β-unsaturated/α-hetero) is 1. The number of carbonyl (C=O) groups is 2. The van der Waals surface area contributed by atoms with Gasteiger partial charge in [-0.15, -0.1) is 0 Å². The van der Waals surface area contributed by atoms with Crippen LogP contribution in [-0.4, -0.2) is 18.4 Å². The summed E-state index contributed by atoms with van der Waals surface area (Å²) in [6.07, 6.45) is 3.60. The Morgan fingerprint density at radius 2 is 2.16 bits per heavy atom. The van der Waals surface area contributed by atoms with Gasteiger partial charge >= 0.3 is 5.97 Å². The van der Waals surface area contributed by atoms with Crippen LogP contribution in [0.4, 0.5) is 0 Å². The first-order chi connectivity index (χ1) is 12.0. The molecule has 1 unspecified atom stereocenters. The van der Waals surface area contributed by atoms with E-state index in [-0.39, 0.29) is 12.4 Å². The molecule has 2 aliphatic rings. The maximum absolute atomic E-state index is 12.7. The predicted octanol–water partition coefficient (Wildman–Crippen LogP) is 4.04. The molecule has 1 aromatic carbocycles. The summed E-state index contributed by atoms with van der Waals surface area (Å²) < 4.78 is 5.28. The number of carbonyl (C=O) groups excluding carboxylic acids is 2. The fourth-order valence-electron chi connectivity index (χ4n) is 3.49. The smallest absolute Gasteiger partial charge is 0.337 e. The van der Waals surface area contributed by atoms with Gasteiger partial charge in [-0.2, -0.15) is 0 Å². The number of ether oxygens (including phenoxy) is 1. The van der Waals surface area contributed by atoms with Crippen LogP contribution in [-0.2, 0) is 14.3 Å². The van der Waals surface area contributed by atoms with Crippen LogP contribution in [0.15, 0.2) is 59.5 Å². The highest BCUT2D eigenvalue weighted by atomic mass is 35.5. The molecule has 0 amide bonds. The molecule has 1 aliphatic carbocycles. The van der Waals surface area contributed by atoms with E-state index >= 15 is 0 Å². The van der Waals surface area contributed by atoms with Crippen molar-refractivity contribution in [1.82, 2.24) is 5.32 Å². The van der Waals surface area contributed by atoms with Crippen molar-refractivity contribution < 1.29 is 14.3 Å². The fraction of sp³-hybridized carbons (Fsp3) is 0.300. The van der Waals surface area contributed by atoms with Crippen molar-refractivity contribution in [3.8, 4) is 0 Å². The molecule has 0 fully saturated rings. The third kappa shape index (κ3) is 3.27. The number of hydrogen-bond donors (Lipinski definition) is 1. The molecule has 0 saturated carbocycles. The zero-order chi connectivity index (χ0) is 18.0. The molecule has 0 saturated heterocycles. The Kier molecular flexibility index (Phi) is 5.09. The molecular formula is C20H20ClNO3. The second-order valence-electron chi connectivity index (χ2n) is 6.17. The van der Waals surface area contributed by atoms with Gasteiger partial charge in [0.25, 0.3) is 0 Å². The Bertz CT molecular complexity index is 807. The minimum absolute atomic E-state index is 0.0557. The number of hydrogen-bond acceptors (Lipinski definition) is 4. The Balaban J connectivity index is 2.15. The van der Waals surface area contributed by atoms with Crippen molar-refractivity contribution in [2.24, 2.45) is 0 Å². The fourth-order valence-corrected chi connectivity index (χ4v) is 3.73. The van der Waals surface area contributed by atoms with Gasteiger partial charge in [0, 0.05) is 34.3 Å². The summed E-state index contributed by atoms with van der Waals surface area (Å²) >= 11 is 6.41. The normalized spacial score (nSPS) is 20.1. The molecule has 1 atom stereocenters. The monoisotopic (exact) mass is 357 g/mol. The average molecular weight is 358 g/mol. The molecule has 130 valence electrons. The highest BCUT2D eigenvalue weighted by molar-refractivity contribution is 6.31. The third-order valence-electron chi connectivity index (χ3n) is 4.54. The SMILES string of the molecule is C=CCOC(=O)C1=C(C)NC2=C(C(=O)CCC2)C1c1ccccc1Cl. The van der Waals surface area contributed by atoms with E-state index in [1.807, 2.05) is 25.1 Å². The van der Waals surface area contributed by atoms with Gasteiger partial charge in [-0.25, -0.2) is 4.79 Å². The van der Waals surface area contributed by atoms with E-state index in [0.717, 1.165) is 24.1 Å². The summed E-state index contributed by atoms with van der Waals surface area (Å²) in [6, 6.07) is 7.32. The molecule has 0 radical (unpaired) electrons. The number of allylic oxidation sites excluding steroid dienone is 3. The predicted molar refractivity (Wildman–Crippen MR) is 97.1 cm³/mol. The molecule has 1 N–H and O–H groups in total. The summed E-state index contributed by atoms with van der Waals surface area (Å²) in [6.45, 7) is 5.52. The first kappa shape index (κ1) is 17.5. The standard InChI is InChI=1S/C20H20ClNO3/c1-3-11-25-20(24)17-12(2)22-15-9-6-10-16(23)19(15)18(17)13-7-4-5-8-14(13)21/h3-5,7-8,18,22H,1,6,9-11H2,2H3. The van der Waals surface area contributed by atoms with Gasteiger partial charge in [-0.3, -0.25) is 4.79 Å². The maximum Gasteiger partial charge on any atom is 0.337 e. The molecule has 1 heterocycles. The highest BCUT2D eigenvalue weighted by Gasteiger charge is 2.39. The molecule has 5 heteroatoms. The second-order valence-corrected chi connectivity index (χ2v) is 6.58. The molecule has 0 bridgehead atoms. The molecule has 4 nitrogen and oxygen atoms in total. The molecule has 1 aliphatic heterocycles.